The van der Waals surface area contributed by atoms with E-state index < -0.39 is 40.9 Å². The molecule has 0 atom stereocenters. The lowest BCUT2D eigenvalue weighted by molar-refractivity contribution is -0.384. The maximum absolute atomic E-state index is 12.3. The van der Waals surface area contributed by atoms with Crippen molar-refractivity contribution in [2.75, 3.05) is 0 Å². The molecule has 42 heavy (non-hydrogen) atoms. The number of benzene rings is 4. The number of nitro groups is 4. The van der Waals surface area contributed by atoms with Gasteiger partial charge in [0.15, 0.2) is 0 Å². The predicted molar refractivity (Wildman–Crippen MR) is 163 cm³/mol. The van der Waals surface area contributed by atoms with Gasteiger partial charge in [-0.15, -0.1) is 0 Å². The van der Waals surface area contributed by atoms with E-state index >= 15 is 0 Å². The molecule has 0 unspecified atom stereocenters. The van der Waals surface area contributed by atoms with E-state index in [1.54, 1.807) is 48.5 Å². The number of rotatable bonds is 12. The van der Waals surface area contributed by atoms with E-state index in [-0.39, 0.29) is 44.0 Å². The Morgan fingerprint density at radius 2 is 0.738 bits per heavy atom. The molecule has 4 rings (SSSR count). The van der Waals surface area contributed by atoms with Gasteiger partial charge >= 0.3 is 0 Å². The van der Waals surface area contributed by atoms with Gasteiger partial charge in [-0.05, 0) is 46.5 Å². The van der Waals surface area contributed by atoms with Crippen molar-refractivity contribution in [3.8, 4) is 0 Å². The van der Waals surface area contributed by atoms with Crippen LogP contribution in [0.25, 0.3) is 0 Å². The van der Waals surface area contributed by atoms with Crippen molar-refractivity contribution in [2.24, 2.45) is 0 Å². The van der Waals surface area contributed by atoms with Gasteiger partial charge in [-0.2, -0.15) is 0 Å². The molecule has 0 fully saturated rings. The van der Waals surface area contributed by atoms with Gasteiger partial charge < -0.3 is 0 Å². The molecule has 0 bridgehead atoms. The van der Waals surface area contributed by atoms with Crippen molar-refractivity contribution in [2.45, 2.75) is 25.2 Å². The summed E-state index contributed by atoms with van der Waals surface area (Å²) in [7, 11) is -3.95. The van der Waals surface area contributed by atoms with Crippen LogP contribution in [0.3, 0.4) is 0 Å². The maximum atomic E-state index is 12.3. The topological polar surface area (TPSA) is 173 Å². The fraction of sp³-hybridized carbons (Fsp3) is 0.143. The average molecular weight is 606 g/mol. The van der Waals surface area contributed by atoms with E-state index in [1.165, 1.54) is 48.5 Å². The molecular formula is C28H24N4O8P2. The van der Waals surface area contributed by atoms with E-state index in [0.717, 1.165) is 0 Å². The summed E-state index contributed by atoms with van der Waals surface area (Å²) in [6, 6.07) is 23.9. The fourth-order valence-electron chi connectivity index (χ4n) is 4.82. The molecule has 214 valence electrons. The molecule has 0 aliphatic heterocycles. The number of hydrogen-bond acceptors (Lipinski definition) is 8. The molecule has 0 aromatic heterocycles. The second-order valence-electron chi connectivity index (χ2n) is 8.99. The third kappa shape index (κ3) is 6.15. The zero-order chi connectivity index (χ0) is 30.4. The second-order valence-corrected chi connectivity index (χ2v) is 14.1. The molecule has 4 aromatic rings. The highest BCUT2D eigenvalue weighted by molar-refractivity contribution is 7.90. The minimum atomic E-state index is -1.98. The smallest absolute Gasteiger partial charge is 0.258 e. The number of nitrogens with zero attached hydrogens (tertiary/aromatic N) is 4. The highest BCUT2D eigenvalue weighted by atomic mass is 31.2. The Hall–Kier alpha value is -4.66. The molecule has 0 spiro atoms. The maximum Gasteiger partial charge on any atom is 0.277 e. The number of para-hydroxylation sites is 4. The first kappa shape index (κ1) is 30.3. The summed E-state index contributed by atoms with van der Waals surface area (Å²) in [6.07, 6.45) is 0.832. The lowest BCUT2D eigenvalue weighted by Gasteiger charge is -2.34. The number of hydrogen-bond donors (Lipinski definition) is 0. The second kappa shape index (κ2) is 13.3. The summed E-state index contributed by atoms with van der Waals surface area (Å²) in [5, 5.41) is 49.3. The van der Waals surface area contributed by atoms with Crippen LogP contribution in [0.2, 0.25) is 0 Å². The van der Waals surface area contributed by atoms with Crippen molar-refractivity contribution in [3.05, 3.63) is 138 Å². The van der Waals surface area contributed by atoms with E-state index in [0.29, 0.717) is 12.8 Å². The van der Waals surface area contributed by atoms with Crippen LogP contribution in [0.1, 0.15) is 19.8 Å². The van der Waals surface area contributed by atoms with Crippen molar-refractivity contribution in [1.29, 1.82) is 0 Å². The van der Waals surface area contributed by atoms with E-state index in [4.69, 9.17) is 0 Å². The molecule has 0 N–H and O–H groups in total. The lowest BCUT2D eigenvalue weighted by atomic mass is 10.3. The molecule has 0 aliphatic carbocycles. The Bertz CT molecular complexity index is 1430. The van der Waals surface area contributed by atoms with Crippen molar-refractivity contribution in [3.63, 3.8) is 0 Å². The molecule has 4 aromatic carbocycles. The van der Waals surface area contributed by atoms with Crippen molar-refractivity contribution < 1.29 is 19.7 Å². The predicted octanol–water partition coefficient (Wildman–Crippen LogP) is 6.01. The van der Waals surface area contributed by atoms with Crippen LogP contribution in [0.5, 0.6) is 0 Å². The van der Waals surface area contributed by atoms with Crippen LogP contribution in [0.15, 0.2) is 97.1 Å². The normalized spacial score (nSPS) is 11.1. The summed E-state index contributed by atoms with van der Waals surface area (Å²) >= 11 is 0. The molecule has 0 radical (unpaired) electrons. The third-order valence-electron chi connectivity index (χ3n) is 6.49. The molecule has 14 heteroatoms. The van der Waals surface area contributed by atoms with Crippen LogP contribution < -0.4 is 21.2 Å². The molecular weight excluding hydrogens is 582 g/mol. The van der Waals surface area contributed by atoms with Gasteiger partial charge in [0.2, 0.25) is 0 Å². The third-order valence-corrected chi connectivity index (χ3v) is 13.2. The average Bonchev–Trinajstić information content (AvgIpc) is 2.98. The fourth-order valence-corrected chi connectivity index (χ4v) is 12.7. The summed E-state index contributed by atoms with van der Waals surface area (Å²) in [6.45, 7) is 1.87. The minimum Gasteiger partial charge on any atom is -0.258 e. The van der Waals surface area contributed by atoms with Gasteiger partial charge in [-0.25, -0.2) is 0 Å². The van der Waals surface area contributed by atoms with Crippen LogP contribution >= 0.6 is 15.8 Å². The summed E-state index contributed by atoms with van der Waals surface area (Å²) in [5.74, 6) is 0. The first-order valence-electron chi connectivity index (χ1n) is 12.7. The van der Waals surface area contributed by atoms with Gasteiger partial charge in [0, 0.05) is 29.7 Å². The molecule has 0 saturated carbocycles. The van der Waals surface area contributed by atoms with Gasteiger partial charge in [0.1, 0.15) is 0 Å². The van der Waals surface area contributed by atoms with E-state index in [9.17, 15) is 40.5 Å². The zero-order valence-electron chi connectivity index (χ0n) is 22.2. The summed E-state index contributed by atoms with van der Waals surface area (Å²) in [4.78, 5) is 46.8. The minimum absolute atomic E-state index is 0.245. The molecule has 0 aliphatic rings. The summed E-state index contributed by atoms with van der Waals surface area (Å²) in [5.41, 5.74) is -0.989. The first-order valence-corrected chi connectivity index (χ1v) is 15.5. The molecule has 0 amide bonds. The molecule has 0 saturated heterocycles. The van der Waals surface area contributed by atoms with Crippen molar-refractivity contribution >= 4 is 59.8 Å². The van der Waals surface area contributed by atoms with Crippen molar-refractivity contribution in [1.82, 2.24) is 0 Å². The zero-order valence-corrected chi connectivity index (χ0v) is 24.0. The van der Waals surface area contributed by atoms with E-state index in [1.807, 2.05) is 6.92 Å². The van der Waals surface area contributed by atoms with Crippen LogP contribution in [-0.2, 0) is 0 Å². The van der Waals surface area contributed by atoms with Gasteiger partial charge in [-0.3, -0.25) is 40.5 Å². The lowest BCUT2D eigenvalue weighted by Crippen LogP contribution is -2.30. The Morgan fingerprint density at radius 1 is 0.500 bits per heavy atom. The Labute approximate surface area is 242 Å². The Kier molecular flexibility index (Phi) is 9.62. The SMILES string of the molecule is CCCC(P(c1ccccc1[N+](=O)[O-])c1ccccc1[N+](=O)[O-])P(c1ccccc1[N+](=O)[O-])c1ccccc1[N+](=O)[O-]. The van der Waals surface area contributed by atoms with E-state index in [2.05, 4.69) is 0 Å². The van der Waals surface area contributed by atoms with Crippen LogP contribution in [0, 0.1) is 40.5 Å². The van der Waals surface area contributed by atoms with Crippen LogP contribution in [-0.4, -0.2) is 25.1 Å². The summed E-state index contributed by atoms with van der Waals surface area (Å²) < 4.78 is 0. The highest BCUT2D eigenvalue weighted by Gasteiger charge is 2.42. The highest BCUT2D eigenvalue weighted by Crippen LogP contribution is 2.61. The Morgan fingerprint density at radius 3 is 0.952 bits per heavy atom. The Balaban J connectivity index is 2.17. The van der Waals surface area contributed by atoms with Gasteiger partial charge in [0.05, 0.1) is 40.9 Å². The molecule has 12 nitrogen and oxygen atoms in total. The van der Waals surface area contributed by atoms with Crippen LogP contribution in [0.4, 0.5) is 22.7 Å². The number of nitro benzene ring substituents is 4. The first-order chi connectivity index (χ1) is 20.2. The quantitative estimate of drug-likeness (QED) is 0.107. The standard InChI is InChI=1S/C28H24N4O8P2/c1-2-11-28(41(24-16-7-3-12-20(24)29(33)34)25-17-8-4-13-21(25)30(35)36)42(26-18-9-5-14-22(26)31(37)38)27-19-10-6-15-23(27)32(39)40/h3-10,12-19,28H,2,11H2,1H3. The monoisotopic (exact) mass is 606 g/mol. The van der Waals surface area contributed by atoms with Gasteiger partial charge in [-0.1, -0.05) is 61.9 Å². The largest absolute Gasteiger partial charge is 0.277 e. The van der Waals surface area contributed by atoms with Gasteiger partial charge in [0.25, 0.3) is 22.7 Å². The molecule has 0 heterocycles.